The molecule has 3 N–H and O–H groups in total. The van der Waals surface area contributed by atoms with Gasteiger partial charge in [-0.05, 0) is 41.1 Å². The Hall–Kier alpha value is -3.42. The van der Waals surface area contributed by atoms with Crippen molar-refractivity contribution in [2.24, 2.45) is 10.9 Å². The van der Waals surface area contributed by atoms with Crippen LogP contribution in [0.2, 0.25) is 0 Å². The van der Waals surface area contributed by atoms with Gasteiger partial charge in [-0.2, -0.15) is 4.68 Å². The molecule has 3 rings (SSSR count). The van der Waals surface area contributed by atoms with Crippen LogP contribution in [0.5, 0.6) is 5.75 Å². The van der Waals surface area contributed by atoms with Crippen molar-refractivity contribution in [3.63, 3.8) is 0 Å². The fourth-order valence-electron chi connectivity index (χ4n) is 2.15. The largest absolute Gasteiger partial charge is 0.487 e. The second-order valence-corrected chi connectivity index (χ2v) is 5.20. The highest BCUT2D eigenvalue weighted by molar-refractivity contribution is 5.97. The number of nitrogens with zero attached hydrogens (tertiary/aromatic N) is 5. The minimum Gasteiger partial charge on any atom is -0.487 e. The topological polar surface area (TPSA) is 111 Å². The first-order valence-electron chi connectivity index (χ1n) is 7.21. The zero-order chi connectivity index (χ0) is 16.9. The van der Waals surface area contributed by atoms with Crippen LogP contribution in [-0.2, 0) is 6.61 Å². The first-order chi connectivity index (χ1) is 11.7. The molecule has 2 aromatic carbocycles. The van der Waals surface area contributed by atoms with E-state index >= 15 is 0 Å². The van der Waals surface area contributed by atoms with Crippen molar-refractivity contribution < 1.29 is 9.94 Å². The van der Waals surface area contributed by atoms with E-state index in [0.717, 1.165) is 5.56 Å². The van der Waals surface area contributed by atoms with Gasteiger partial charge in [0, 0.05) is 5.56 Å². The third kappa shape index (κ3) is 3.32. The summed E-state index contributed by atoms with van der Waals surface area (Å²) in [6.07, 6.45) is 1.45. The lowest BCUT2D eigenvalue weighted by molar-refractivity contribution is 0.304. The SMILES string of the molecule is Cc1ccc(COc2ccc(C(N)=NO)cc2-n2cnnn2)cc1. The number of aryl methyl sites for hydroxylation is 1. The van der Waals surface area contributed by atoms with Gasteiger partial charge in [-0.25, -0.2) is 0 Å². The Balaban J connectivity index is 1.90. The van der Waals surface area contributed by atoms with Gasteiger partial charge in [0.1, 0.15) is 24.4 Å². The van der Waals surface area contributed by atoms with Crippen molar-refractivity contribution in [1.29, 1.82) is 0 Å². The summed E-state index contributed by atoms with van der Waals surface area (Å²) in [4.78, 5) is 0. The number of ether oxygens (including phenoxy) is 1. The van der Waals surface area contributed by atoms with E-state index in [2.05, 4.69) is 20.7 Å². The number of tetrazole rings is 1. The number of nitrogens with two attached hydrogens (primary N) is 1. The maximum atomic E-state index is 8.84. The molecule has 1 heterocycles. The number of aromatic nitrogens is 4. The predicted octanol–water partition coefficient (Wildman–Crippen LogP) is 1.64. The Morgan fingerprint density at radius 2 is 2.04 bits per heavy atom. The van der Waals surface area contributed by atoms with Gasteiger partial charge >= 0.3 is 0 Å². The Kier molecular flexibility index (Phi) is 4.37. The normalized spacial score (nSPS) is 11.5. The number of amidine groups is 1. The van der Waals surface area contributed by atoms with Gasteiger partial charge in [0.25, 0.3) is 0 Å². The molecule has 0 fully saturated rings. The molecule has 0 aliphatic heterocycles. The van der Waals surface area contributed by atoms with Crippen molar-refractivity contribution >= 4 is 5.84 Å². The monoisotopic (exact) mass is 324 g/mol. The Morgan fingerprint density at radius 3 is 2.71 bits per heavy atom. The van der Waals surface area contributed by atoms with E-state index < -0.39 is 0 Å². The molecule has 3 aromatic rings. The van der Waals surface area contributed by atoms with E-state index in [4.69, 9.17) is 15.7 Å². The summed E-state index contributed by atoms with van der Waals surface area (Å²) in [7, 11) is 0. The average Bonchev–Trinajstić information content (AvgIpc) is 3.15. The Bertz CT molecular complexity index is 844. The molecule has 122 valence electrons. The fourth-order valence-corrected chi connectivity index (χ4v) is 2.15. The van der Waals surface area contributed by atoms with Crippen molar-refractivity contribution in [2.45, 2.75) is 13.5 Å². The molecule has 0 amide bonds. The summed E-state index contributed by atoms with van der Waals surface area (Å²) in [5.41, 5.74) is 9.01. The van der Waals surface area contributed by atoms with Crippen molar-refractivity contribution in [3.8, 4) is 11.4 Å². The molecule has 0 saturated heterocycles. The molecule has 8 nitrogen and oxygen atoms in total. The molecule has 0 saturated carbocycles. The number of rotatable bonds is 5. The molecule has 0 aliphatic carbocycles. The van der Waals surface area contributed by atoms with Crippen LogP contribution < -0.4 is 10.5 Å². The third-order valence-electron chi connectivity index (χ3n) is 3.47. The van der Waals surface area contributed by atoms with Crippen molar-refractivity contribution in [1.82, 2.24) is 20.2 Å². The molecule has 0 unspecified atom stereocenters. The number of hydrogen-bond donors (Lipinski definition) is 2. The molecule has 0 bridgehead atoms. The highest BCUT2D eigenvalue weighted by Crippen LogP contribution is 2.24. The highest BCUT2D eigenvalue weighted by atomic mass is 16.5. The summed E-state index contributed by atoms with van der Waals surface area (Å²) >= 11 is 0. The zero-order valence-electron chi connectivity index (χ0n) is 13.0. The van der Waals surface area contributed by atoms with E-state index in [1.165, 1.54) is 16.6 Å². The zero-order valence-corrected chi connectivity index (χ0v) is 13.0. The number of oxime groups is 1. The molecule has 0 radical (unpaired) electrons. The van der Waals surface area contributed by atoms with Crippen LogP contribution in [0.25, 0.3) is 5.69 Å². The number of benzene rings is 2. The van der Waals surface area contributed by atoms with Crippen molar-refractivity contribution in [3.05, 3.63) is 65.5 Å². The van der Waals surface area contributed by atoms with E-state index in [1.54, 1.807) is 18.2 Å². The number of hydrogen-bond acceptors (Lipinski definition) is 6. The molecule has 1 aromatic heterocycles. The smallest absolute Gasteiger partial charge is 0.170 e. The second-order valence-electron chi connectivity index (χ2n) is 5.20. The molecular formula is C16H16N6O2. The lowest BCUT2D eigenvalue weighted by atomic mass is 10.1. The van der Waals surface area contributed by atoms with Gasteiger partial charge in [-0.15, -0.1) is 5.10 Å². The third-order valence-corrected chi connectivity index (χ3v) is 3.47. The van der Waals surface area contributed by atoms with Crippen LogP contribution in [0.1, 0.15) is 16.7 Å². The predicted molar refractivity (Wildman–Crippen MR) is 87.2 cm³/mol. The Labute approximate surface area is 138 Å². The van der Waals surface area contributed by atoms with E-state index in [-0.39, 0.29) is 5.84 Å². The fraction of sp³-hybridized carbons (Fsp3) is 0.125. The maximum absolute atomic E-state index is 8.84. The van der Waals surface area contributed by atoms with Gasteiger partial charge in [-0.1, -0.05) is 35.0 Å². The lowest BCUT2D eigenvalue weighted by Gasteiger charge is -2.12. The maximum Gasteiger partial charge on any atom is 0.170 e. The Morgan fingerprint density at radius 1 is 1.25 bits per heavy atom. The molecule has 0 atom stereocenters. The molecule has 24 heavy (non-hydrogen) atoms. The summed E-state index contributed by atoms with van der Waals surface area (Å²) in [5.74, 6) is 0.576. The molecule has 0 aliphatic rings. The van der Waals surface area contributed by atoms with Gasteiger partial charge < -0.3 is 15.7 Å². The standard InChI is InChI=1S/C16H16N6O2/c1-11-2-4-12(5-3-11)9-24-15-7-6-13(16(17)19-23)8-14(15)22-10-18-20-21-22/h2-8,10,23H,9H2,1H3,(H2,17,19). The quantitative estimate of drug-likeness (QED) is 0.319. The van der Waals surface area contributed by atoms with Crippen LogP contribution in [0.15, 0.2) is 53.9 Å². The summed E-state index contributed by atoms with van der Waals surface area (Å²) in [6, 6.07) is 13.2. The first-order valence-corrected chi connectivity index (χ1v) is 7.21. The van der Waals surface area contributed by atoms with Gasteiger partial charge in [0.05, 0.1) is 0 Å². The van der Waals surface area contributed by atoms with E-state index in [9.17, 15) is 0 Å². The minimum atomic E-state index is -0.00518. The van der Waals surface area contributed by atoms with E-state index in [0.29, 0.717) is 23.6 Å². The molecule has 0 spiro atoms. The van der Waals surface area contributed by atoms with E-state index in [1.807, 2.05) is 31.2 Å². The second kappa shape index (κ2) is 6.78. The summed E-state index contributed by atoms with van der Waals surface area (Å²) < 4.78 is 7.35. The lowest BCUT2D eigenvalue weighted by Crippen LogP contribution is -2.14. The van der Waals surface area contributed by atoms with Crippen LogP contribution in [0.4, 0.5) is 0 Å². The van der Waals surface area contributed by atoms with Gasteiger partial charge in [0.2, 0.25) is 0 Å². The molecule has 8 heteroatoms. The van der Waals surface area contributed by atoms with Gasteiger partial charge in [-0.3, -0.25) is 0 Å². The van der Waals surface area contributed by atoms with Crippen molar-refractivity contribution in [2.75, 3.05) is 0 Å². The first kappa shape index (κ1) is 15.5. The minimum absolute atomic E-state index is 0.00518. The highest BCUT2D eigenvalue weighted by Gasteiger charge is 2.11. The van der Waals surface area contributed by atoms with Crippen LogP contribution >= 0.6 is 0 Å². The average molecular weight is 324 g/mol. The summed E-state index contributed by atoms with van der Waals surface area (Å²) in [5, 5.41) is 23.0. The molecular weight excluding hydrogens is 308 g/mol. The van der Waals surface area contributed by atoms with Crippen LogP contribution in [0.3, 0.4) is 0 Å². The summed E-state index contributed by atoms with van der Waals surface area (Å²) in [6.45, 7) is 2.44. The van der Waals surface area contributed by atoms with Crippen LogP contribution in [0, 0.1) is 6.92 Å². The van der Waals surface area contributed by atoms with Crippen LogP contribution in [-0.4, -0.2) is 31.3 Å². The van der Waals surface area contributed by atoms with Gasteiger partial charge in [0.15, 0.2) is 5.84 Å².